The highest BCUT2D eigenvalue weighted by molar-refractivity contribution is 5.85. The zero-order valence-corrected chi connectivity index (χ0v) is 9.14. The summed E-state index contributed by atoms with van der Waals surface area (Å²) in [6.45, 7) is 2.33. The Hall–Kier alpha value is -0.730. The van der Waals surface area contributed by atoms with Crippen LogP contribution in [0.3, 0.4) is 0 Å². The molecule has 1 aliphatic rings. The van der Waals surface area contributed by atoms with Crippen molar-refractivity contribution in [2.75, 3.05) is 20.2 Å². The number of hydrogen-bond acceptors (Lipinski definition) is 2. The van der Waals surface area contributed by atoms with Crippen molar-refractivity contribution in [2.24, 2.45) is 5.92 Å². The zero-order chi connectivity index (χ0) is 9.10. The van der Waals surface area contributed by atoms with Crippen molar-refractivity contribution in [3.63, 3.8) is 0 Å². The Morgan fingerprint density at radius 2 is 2.21 bits per heavy atom. The van der Waals surface area contributed by atoms with Gasteiger partial charge >= 0.3 is 0 Å². The first-order valence-electron chi connectivity index (χ1n) is 4.72. The van der Waals surface area contributed by atoms with Crippen molar-refractivity contribution in [2.45, 2.75) is 6.42 Å². The quantitative estimate of drug-likeness (QED) is 0.828. The molecule has 3 heteroatoms. The van der Waals surface area contributed by atoms with Gasteiger partial charge in [0.05, 0.1) is 7.11 Å². The van der Waals surface area contributed by atoms with E-state index in [0.717, 1.165) is 24.8 Å². The van der Waals surface area contributed by atoms with Crippen LogP contribution in [0.5, 0.6) is 5.75 Å². The fraction of sp³-hybridized carbons (Fsp3) is 0.455. The van der Waals surface area contributed by atoms with E-state index in [2.05, 4.69) is 23.5 Å². The van der Waals surface area contributed by atoms with Crippen LogP contribution in [0.15, 0.2) is 24.3 Å². The monoisotopic (exact) mass is 213 g/mol. The summed E-state index contributed by atoms with van der Waals surface area (Å²) < 4.78 is 5.17. The highest BCUT2D eigenvalue weighted by Gasteiger charge is 2.16. The molecule has 2 rings (SSSR count). The molecule has 0 bridgehead atoms. The lowest BCUT2D eigenvalue weighted by Crippen LogP contribution is -2.43. The minimum absolute atomic E-state index is 0. The summed E-state index contributed by atoms with van der Waals surface area (Å²) in [6, 6.07) is 8.34. The van der Waals surface area contributed by atoms with Gasteiger partial charge in [-0.3, -0.25) is 0 Å². The van der Waals surface area contributed by atoms with Gasteiger partial charge in [-0.05, 0) is 43.1 Å². The maximum atomic E-state index is 5.17. The number of benzene rings is 1. The van der Waals surface area contributed by atoms with Gasteiger partial charge in [0.25, 0.3) is 0 Å². The van der Waals surface area contributed by atoms with Crippen molar-refractivity contribution >= 4 is 12.4 Å². The van der Waals surface area contributed by atoms with E-state index in [9.17, 15) is 0 Å². The lowest BCUT2D eigenvalue weighted by Gasteiger charge is -2.27. The normalized spacial score (nSPS) is 15.5. The van der Waals surface area contributed by atoms with Gasteiger partial charge in [-0.25, -0.2) is 0 Å². The third-order valence-electron chi connectivity index (χ3n) is 2.52. The van der Waals surface area contributed by atoms with Gasteiger partial charge in [-0.1, -0.05) is 12.1 Å². The second-order valence-corrected chi connectivity index (χ2v) is 3.58. The summed E-state index contributed by atoms with van der Waals surface area (Å²) in [7, 11) is 1.71. The molecule has 1 aliphatic heterocycles. The number of methoxy groups -OCH3 is 1. The van der Waals surface area contributed by atoms with E-state index in [1.54, 1.807) is 7.11 Å². The van der Waals surface area contributed by atoms with Gasteiger partial charge in [0, 0.05) is 0 Å². The summed E-state index contributed by atoms with van der Waals surface area (Å²) in [6.07, 6.45) is 1.17. The Morgan fingerprint density at radius 1 is 1.43 bits per heavy atom. The molecule has 1 N–H and O–H groups in total. The first-order chi connectivity index (χ1) is 6.38. The van der Waals surface area contributed by atoms with Gasteiger partial charge in [-0.2, -0.15) is 0 Å². The number of rotatable bonds is 3. The highest BCUT2D eigenvalue weighted by Crippen LogP contribution is 2.17. The molecule has 0 radical (unpaired) electrons. The summed E-state index contributed by atoms with van der Waals surface area (Å²) in [5.74, 6) is 1.79. The van der Waals surface area contributed by atoms with E-state index in [1.165, 1.54) is 12.0 Å². The predicted octanol–water partition coefficient (Wildman–Crippen LogP) is 1.88. The third-order valence-corrected chi connectivity index (χ3v) is 2.52. The standard InChI is InChI=1S/C11H15NO.ClH/c1-13-11-4-2-3-9(6-11)5-10-7-12-8-10;/h2-4,6,10,12H,5,7-8H2,1H3;1H. The largest absolute Gasteiger partial charge is 0.497 e. The van der Waals surface area contributed by atoms with Crippen LogP contribution in [-0.4, -0.2) is 20.2 Å². The van der Waals surface area contributed by atoms with Gasteiger partial charge in [0.15, 0.2) is 0 Å². The lowest BCUT2D eigenvalue weighted by molar-refractivity contribution is 0.346. The van der Waals surface area contributed by atoms with Gasteiger partial charge < -0.3 is 10.1 Å². The fourth-order valence-corrected chi connectivity index (χ4v) is 1.63. The van der Waals surface area contributed by atoms with Crippen LogP contribution in [-0.2, 0) is 6.42 Å². The van der Waals surface area contributed by atoms with Crippen LogP contribution in [0.2, 0.25) is 0 Å². The fourth-order valence-electron chi connectivity index (χ4n) is 1.63. The van der Waals surface area contributed by atoms with Crippen LogP contribution in [0.4, 0.5) is 0 Å². The molecule has 2 nitrogen and oxygen atoms in total. The van der Waals surface area contributed by atoms with Gasteiger partial charge in [-0.15, -0.1) is 12.4 Å². The van der Waals surface area contributed by atoms with Crippen molar-refractivity contribution < 1.29 is 4.74 Å². The molecule has 78 valence electrons. The minimum atomic E-state index is 0. The molecule has 0 amide bonds. The first kappa shape index (κ1) is 11.3. The molecule has 1 aromatic rings. The second kappa shape index (κ2) is 5.23. The molecule has 1 aromatic carbocycles. The van der Waals surface area contributed by atoms with Crippen LogP contribution in [0.1, 0.15) is 5.56 Å². The maximum Gasteiger partial charge on any atom is 0.119 e. The molecule has 0 saturated carbocycles. The molecule has 1 heterocycles. The van der Waals surface area contributed by atoms with Crippen molar-refractivity contribution in [1.82, 2.24) is 5.32 Å². The van der Waals surface area contributed by atoms with E-state index in [-0.39, 0.29) is 12.4 Å². The van der Waals surface area contributed by atoms with Gasteiger partial charge in [0.1, 0.15) is 5.75 Å². The molecule has 14 heavy (non-hydrogen) atoms. The topological polar surface area (TPSA) is 21.3 Å². The smallest absolute Gasteiger partial charge is 0.119 e. The Labute approximate surface area is 91.1 Å². The van der Waals surface area contributed by atoms with Crippen LogP contribution in [0.25, 0.3) is 0 Å². The first-order valence-corrected chi connectivity index (χ1v) is 4.72. The van der Waals surface area contributed by atoms with Crippen molar-refractivity contribution in [3.05, 3.63) is 29.8 Å². The number of halogens is 1. The molecule has 0 spiro atoms. The Balaban J connectivity index is 0.000000980. The molecule has 0 aromatic heterocycles. The number of ether oxygens (including phenoxy) is 1. The molecule has 0 unspecified atom stereocenters. The average Bonchev–Trinajstić information content (AvgIpc) is 2.12. The summed E-state index contributed by atoms with van der Waals surface area (Å²) in [5, 5.41) is 3.28. The molecule has 0 atom stereocenters. The SMILES string of the molecule is COc1cccc(CC2CNC2)c1.Cl. The third kappa shape index (κ3) is 2.63. The summed E-state index contributed by atoms with van der Waals surface area (Å²) in [5.41, 5.74) is 1.38. The second-order valence-electron chi connectivity index (χ2n) is 3.58. The molecule has 1 saturated heterocycles. The summed E-state index contributed by atoms with van der Waals surface area (Å²) >= 11 is 0. The van der Waals surface area contributed by atoms with E-state index < -0.39 is 0 Å². The Morgan fingerprint density at radius 3 is 2.79 bits per heavy atom. The van der Waals surface area contributed by atoms with Crippen molar-refractivity contribution in [1.29, 1.82) is 0 Å². The average molecular weight is 214 g/mol. The van der Waals surface area contributed by atoms with Crippen molar-refractivity contribution in [3.8, 4) is 5.75 Å². The van der Waals surface area contributed by atoms with E-state index in [4.69, 9.17) is 4.74 Å². The zero-order valence-electron chi connectivity index (χ0n) is 8.32. The molecule has 1 fully saturated rings. The molecular weight excluding hydrogens is 198 g/mol. The predicted molar refractivity (Wildman–Crippen MR) is 60.3 cm³/mol. The van der Waals surface area contributed by atoms with E-state index in [1.807, 2.05) is 6.07 Å². The number of hydrogen-bond donors (Lipinski definition) is 1. The lowest BCUT2D eigenvalue weighted by atomic mass is 9.94. The van der Waals surface area contributed by atoms with Crippen LogP contribution < -0.4 is 10.1 Å². The molecule has 0 aliphatic carbocycles. The van der Waals surface area contributed by atoms with Gasteiger partial charge in [0.2, 0.25) is 0 Å². The minimum Gasteiger partial charge on any atom is -0.497 e. The van der Waals surface area contributed by atoms with Crippen LogP contribution in [0, 0.1) is 5.92 Å². The highest BCUT2D eigenvalue weighted by atomic mass is 35.5. The summed E-state index contributed by atoms with van der Waals surface area (Å²) in [4.78, 5) is 0. The van der Waals surface area contributed by atoms with Crippen LogP contribution >= 0.6 is 12.4 Å². The van der Waals surface area contributed by atoms with E-state index in [0.29, 0.717) is 0 Å². The van der Waals surface area contributed by atoms with E-state index >= 15 is 0 Å². The molecular formula is C11H16ClNO. The Kier molecular flexibility index (Phi) is 4.23. The Bertz CT molecular complexity index is 286. The number of nitrogens with one attached hydrogen (secondary N) is 1. The maximum absolute atomic E-state index is 5.17.